The molecule has 0 bridgehead atoms. The summed E-state index contributed by atoms with van der Waals surface area (Å²) in [5.41, 5.74) is 4.51. The minimum Gasteiger partial charge on any atom is -0.370 e. The Balaban J connectivity index is 2.10. The predicted molar refractivity (Wildman–Crippen MR) is 83.0 cm³/mol. The Labute approximate surface area is 138 Å². The van der Waals surface area contributed by atoms with E-state index in [0.29, 0.717) is 5.56 Å². The topological polar surface area (TPSA) is 72.2 Å². The molecule has 0 spiro atoms. The smallest absolute Gasteiger partial charge is 0.370 e. The van der Waals surface area contributed by atoms with Gasteiger partial charge in [-0.3, -0.25) is 9.59 Å². The first-order valence-corrected chi connectivity index (χ1v) is 7.88. The average molecular weight is 342 g/mol. The number of nitrogens with two attached hydrogens (primary N) is 1. The molecule has 1 saturated carbocycles. The molecular formula is C17H21F3N2O2. The molecular weight excluding hydrogens is 321 g/mol. The number of primary amides is 1. The number of carbonyl (C=O) groups excluding carboxylic acids is 2. The van der Waals surface area contributed by atoms with Crippen molar-refractivity contribution in [3.63, 3.8) is 0 Å². The van der Waals surface area contributed by atoms with Gasteiger partial charge < -0.3 is 11.1 Å². The highest BCUT2D eigenvalue weighted by atomic mass is 19.4. The number of amides is 2. The van der Waals surface area contributed by atoms with Gasteiger partial charge in [-0.2, -0.15) is 13.2 Å². The molecule has 0 unspecified atom stereocenters. The fraction of sp³-hybridized carbons (Fsp3) is 0.529. The number of rotatable bonds is 6. The molecule has 0 aromatic heterocycles. The van der Waals surface area contributed by atoms with Gasteiger partial charge in [0.15, 0.2) is 0 Å². The normalized spacial score (nSPS) is 17.7. The molecule has 1 aliphatic carbocycles. The van der Waals surface area contributed by atoms with Crippen LogP contribution >= 0.6 is 0 Å². The summed E-state index contributed by atoms with van der Waals surface area (Å²) in [5, 5.41) is 2.76. The lowest BCUT2D eigenvalue weighted by Gasteiger charge is -2.43. The third-order valence-electron chi connectivity index (χ3n) is 4.67. The van der Waals surface area contributed by atoms with Gasteiger partial charge in [0.25, 0.3) is 0 Å². The van der Waals surface area contributed by atoms with Crippen LogP contribution in [0.25, 0.3) is 0 Å². The Hall–Kier alpha value is -2.05. The van der Waals surface area contributed by atoms with Crippen LogP contribution in [0.5, 0.6) is 0 Å². The molecule has 7 heteroatoms. The second kappa shape index (κ2) is 6.83. The fourth-order valence-electron chi connectivity index (χ4n) is 3.02. The summed E-state index contributed by atoms with van der Waals surface area (Å²) in [6, 6.07) is 5.28. The summed E-state index contributed by atoms with van der Waals surface area (Å²) in [7, 11) is 0. The van der Waals surface area contributed by atoms with Crippen LogP contribution in [-0.4, -0.2) is 18.4 Å². The molecule has 1 aromatic rings. The lowest BCUT2D eigenvalue weighted by molar-refractivity contribution is -0.137. The Kier molecular flexibility index (Phi) is 5.20. The van der Waals surface area contributed by atoms with Crippen molar-refractivity contribution in [2.24, 2.45) is 11.7 Å². The number of alkyl halides is 3. The second-order valence-electron chi connectivity index (χ2n) is 6.50. The first kappa shape index (κ1) is 18.3. The fourth-order valence-corrected chi connectivity index (χ4v) is 3.02. The molecule has 4 nitrogen and oxygen atoms in total. The largest absolute Gasteiger partial charge is 0.416 e. The van der Waals surface area contributed by atoms with Gasteiger partial charge in [-0.05, 0) is 24.5 Å². The predicted octanol–water partition coefficient (Wildman–Crippen LogP) is 2.75. The van der Waals surface area contributed by atoms with Gasteiger partial charge in [0.1, 0.15) is 0 Å². The van der Waals surface area contributed by atoms with Crippen LogP contribution in [0.15, 0.2) is 24.3 Å². The number of halogens is 3. The lowest BCUT2D eigenvalue weighted by Crippen LogP contribution is -2.47. The number of hydrogen-bond donors (Lipinski definition) is 2. The molecule has 2 rings (SSSR count). The number of hydrogen-bond acceptors (Lipinski definition) is 2. The van der Waals surface area contributed by atoms with Crippen molar-refractivity contribution in [1.82, 2.24) is 5.32 Å². The molecule has 0 radical (unpaired) electrons. The van der Waals surface area contributed by atoms with E-state index < -0.39 is 29.0 Å². The molecule has 1 fully saturated rings. The van der Waals surface area contributed by atoms with Crippen LogP contribution in [0.2, 0.25) is 0 Å². The summed E-state index contributed by atoms with van der Waals surface area (Å²) in [4.78, 5) is 22.9. The third-order valence-corrected chi connectivity index (χ3v) is 4.67. The Morgan fingerprint density at radius 2 is 2.00 bits per heavy atom. The molecule has 1 aliphatic rings. The number of carbonyl (C=O) groups is 2. The van der Waals surface area contributed by atoms with Crippen molar-refractivity contribution in [2.45, 2.75) is 44.2 Å². The zero-order valence-corrected chi connectivity index (χ0v) is 13.5. The van der Waals surface area contributed by atoms with Gasteiger partial charge in [0.2, 0.25) is 11.8 Å². The van der Waals surface area contributed by atoms with Crippen molar-refractivity contribution >= 4 is 11.8 Å². The van der Waals surface area contributed by atoms with Crippen LogP contribution in [0.3, 0.4) is 0 Å². The Morgan fingerprint density at radius 3 is 2.50 bits per heavy atom. The summed E-state index contributed by atoms with van der Waals surface area (Å²) < 4.78 is 38.7. The van der Waals surface area contributed by atoms with Crippen molar-refractivity contribution < 1.29 is 22.8 Å². The van der Waals surface area contributed by atoms with E-state index in [-0.39, 0.29) is 18.9 Å². The summed E-state index contributed by atoms with van der Waals surface area (Å²) in [6.45, 7) is 1.86. The van der Waals surface area contributed by atoms with Crippen molar-refractivity contribution in [3.8, 4) is 0 Å². The first-order valence-electron chi connectivity index (χ1n) is 7.88. The molecule has 1 aromatic carbocycles. The summed E-state index contributed by atoms with van der Waals surface area (Å²) in [5.74, 6) is -1.43. The van der Waals surface area contributed by atoms with Crippen molar-refractivity contribution in [2.75, 3.05) is 6.54 Å². The number of benzene rings is 1. The standard InChI is InChI=1S/C17H21F3N2O2/c1-11(8-14(21)23)15(24)22-10-16(6-3-7-16)12-4-2-5-13(9-12)17(18,19)20/h2,4-5,9,11H,3,6-8,10H2,1H3,(H2,21,23)(H,22,24)/t11-/m0/s1. The molecule has 0 aliphatic heterocycles. The lowest BCUT2D eigenvalue weighted by atomic mass is 9.64. The van der Waals surface area contributed by atoms with Crippen LogP contribution in [0.4, 0.5) is 13.2 Å². The van der Waals surface area contributed by atoms with E-state index in [2.05, 4.69) is 5.32 Å². The van der Waals surface area contributed by atoms with E-state index in [1.54, 1.807) is 13.0 Å². The van der Waals surface area contributed by atoms with E-state index in [1.807, 2.05) is 0 Å². The SMILES string of the molecule is C[C@@H](CC(N)=O)C(=O)NCC1(c2cccc(C(F)(F)F)c2)CCC1. The van der Waals surface area contributed by atoms with Gasteiger partial charge in [-0.1, -0.05) is 31.5 Å². The highest BCUT2D eigenvalue weighted by Gasteiger charge is 2.40. The third kappa shape index (κ3) is 4.07. The second-order valence-corrected chi connectivity index (χ2v) is 6.50. The molecule has 3 N–H and O–H groups in total. The Bertz CT molecular complexity index is 625. The first-order chi connectivity index (χ1) is 11.1. The van der Waals surface area contributed by atoms with Crippen molar-refractivity contribution in [3.05, 3.63) is 35.4 Å². The van der Waals surface area contributed by atoms with E-state index >= 15 is 0 Å². The van der Waals surface area contributed by atoms with Gasteiger partial charge >= 0.3 is 6.18 Å². The van der Waals surface area contributed by atoms with Crippen molar-refractivity contribution in [1.29, 1.82) is 0 Å². The Morgan fingerprint density at radius 1 is 1.33 bits per heavy atom. The molecule has 0 saturated heterocycles. The highest BCUT2D eigenvalue weighted by Crippen LogP contribution is 2.44. The van der Waals surface area contributed by atoms with Crippen LogP contribution in [-0.2, 0) is 21.2 Å². The van der Waals surface area contributed by atoms with Crippen LogP contribution in [0.1, 0.15) is 43.7 Å². The minimum atomic E-state index is -4.39. The minimum absolute atomic E-state index is 0.0532. The van der Waals surface area contributed by atoms with Crippen LogP contribution < -0.4 is 11.1 Å². The van der Waals surface area contributed by atoms with Crippen LogP contribution in [0, 0.1) is 5.92 Å². The van der Waals surface area contributed by atoms with E-state index in [0.717, 1.165) is 31.4 Å². The molecule has 132 valence electrons. The van der Waals surface area contributed by atoms with E-state index in [4.69, 9.17) is 5.73 Å². The average Bonchev–Trinajstić information content (AvgIpc) is 2.44. The highest BCUT2D eigenvalue weighted by molar-refractivity contribution is 5.84. The van der Waals surface area contributed by atoms with Gasteiger partial charge in [-0.25, -0.2) is 0 Å². The molecule has 0 heterocycles. The van der Waals surface area contributed by atoms with Gasteiger partial charge in [0, 0.05) is 24.3 Å². The van der Waals surface area contributed by atoms with Gasteiger partial charge in [-0.15, -0.1) is 0 Å². The van der Waals surface area contributed by atoms with E-state index in [1.165, 1.54) is 6.07 Å². The maximum atomic E-state index is 12.9. The maximum Gasteiger partial charge on any atom is 0.416 e. The molecule has 2 amide bonds. The monoisotopic (exact) mass is 342 g/mol. The number of nitrogens with one attached hydrogen (secondary N) is 1. The maximum absolute atomic E-state index is 12.9. The van der Waals surface area contributed by atoms with Gasteiger partial charge in [0.05, 0.1) is 5.56 Å². The molecule has 1 atom stereocenters. The zero-order valence-electron chi connectivity index (χ0n) is 13.5. The zero-order chi connectivity index (χ0) is 18.0. The van der Waals surface area contributed by atoms with E-state index in [9.17, 15) is 22.8 Å². The molecule has 24 heavy (non-hydrogen) atoms. The summed E-state index contributed by atoms with van der Waals surface area (Å²) in [6.07, 6.45) is -2.09. The quantitative estimate of drug-likeness (QED) is 0.834. The summed E-state index contributed by atoms with van der Waals surface area (Å²) >= 11 is 0.